The molecule has 2 heterocycles. The van der Waals surface area contributed by atoms with E-state index in [-0.39, 0.29) is 18.5 Å². The second-order valence-corrected chi connectivity index (χ2v) is 9.25. The van der Waals surface area contributed by atoms with Crippen LogP contribution in [-0.2, 0) is 21.9 Å². The van der Waals surface area contributed by atoms with Crippen molar-refractivity contribution in [3.8, 4) is 11.3 Å². The first kappa shape index (κ1) is 20.8. The predicted molar refractivity (Wildman–Crippen MR) is 110 cm³/mol. The summed E-state index contributed by atoms with van der Waals surface area (Å²) in [4.78, 5) is 14.4. The number of hydrogen-bond donors (Lipinski definition) is 2. The van der Waals surface area contributed by atoms with Crippen LogP contribution < -0.4 is 10.0 Å². The maximum atomic E-state index is 12.4. The second kappa shape index (κ2) is 8.60. The summed E-state index contributed by atoms with van der Waals surface area (Å²) in [5, 5.41) is 7.98. The number of nitrogens with zero attached hydrogens (tertiary/aromatic N) is 3. The van der Waals surface area contributed by atoms with Crippen LogP contribution in [0.3, 0.4) is 0 Å². The van der Waals surface area contributed by atoms with E-state index in [4.69, 9.17) is 11.6 Å². The van der Waals surface area contributed by atoms with E-state index in [9.17, 15) is 13.2 Å². The van der Waals surface area contributed by atoms with Crippen molar-refractivity contribution in [2.45, 2.75) is 18.9 Å². The summed E-state index contributed by atoms with van der Waals surface area (Å²) in [6, 6.07) is 9.12. The molecule has 1 fully saturated rings. The van der Waals surface area contributed by atoms with Crippen molar-refractivity contribution in [2.75, 3.05) is 31.2 Å². The molecule has 3 rings (SSSR count). The number of hydrogen-bond acceptors (Lipinski definition) is 5. The molecule has 1 amide bonds. The van der Waals surface area contributed by atoms with Gasteiger partial charge in [0, 0.05) is 42.8 Å². The number of nitrogens with one attached hydrogen (secondary N) is 2. The van der Waals surface area contributed by atoms with Crippen molar-refractivity contribution < 1.29 is 13.2 Å². The van der Waals surface area contributed by atoms with Gasteiger partial charge in [-0.25, -0.2) is 13.1 Å². The molecule has 8 nitrogen and oxygen atoms in total. The quantitative estimate of drug-likeness (QED) is 0.734. The van der Waals surface area contributed by atoms with E-state index in [2.05, 4.69) is 15.1 Å². The molecule has 1 aliphatic heterocycles. The van der Waals surface area contributed by atoms with Gasteiger partial charge in [0.15, 0.2) is 0 Å². The van der Waals surface area contributed by atoms with E-state index in [0.717, 1.165) is 11.3 Å². The van der Waals surface area contributed by atoms with Gasteiger partial charge >= 0.3 is 0 Å². The zero-order chi connectivity index (χ0) is 20.3. The highest BCUT2D eigenvalue weighted by Crippen LogP contribution is 2.23. The summed E-state index contributed by atoms with van der Waals surface area (Å²) in [5.41, 5.74) is 1.67. The number of amides is 1. The summed E-state index contributed by atoms with van der Waals surface area (Å²) in [6.45, 7) is 1.59. The molecule has 1 aliphatic rings. The molecular formula is C18H24ClN5O3S. The topological polar surface area (TPSA) is 96.3 Å². The zero-order valence-corrected chi connectivity index (χ0v) is 17.4. The van der Waals surface area contributed by atoms with Gasteiger partial charge in [0.1, 0.15) is 5.82 Å². The standard InChI is InChI=1S/C18H24ClN5O3S/c1-23-17(11-16(21-23)13-3-5-14(19)6-4-13)20-18(25)12-24-9-7-15(8-10-24)22-28(2,26)27/h3-6,11,15,22H,7-10,12H2,1-2H3,(H,20,25). The minimum Gasteiger partial charge on any atom is -0.310 e. The maximum absolute atomic E-state index is 12.4. The number of sulfonamides is 1. The molecule has 0 aliphatic carbocycles. The van der Waals surface area contributed by atoms with Gasteiger partial charge in [0.05, 0.1) is 18.5 Å². The average Bonchev–Trinajstić information content (AvgIpc) is 2.96. The van der Waals surface area contributed by atoms with E-state index >= 15 is 0 Å². The molecular weight excluding hydrogens is 402 g/mol. The number of anilines is 1. The fourth-order valence-corrected chi connectivity index (χ4v) is 4.21. The minimum absolute atomic E-state index is 0.0617. The molecule has 0 atom stereocenters. The molecule has 152 valence electrons. The van der Waals surface area contributed by atoms with Crippen LogP contribution in [0.15, 0.2) is 30.3 Å². The lowest BCUT2D eigenvalue weighted by Crippen LogP contribution is -2.46. The van der Waals surface area contributed by atoms with Crippen molar-refractivity contribution in [1.82, 2.24) is 19.4 Å². The highest BCUT2D eigenvalue weighted by molar-refractivity contribution is 7.88. The van der Waals surface area contributed by atoms with Crippen LogP contribution in [0.5, 0.6) is 0 Å². The van der Waals surface area contributed by atoms with Crippen LogP contribution in [0.2, 0.25) is 5.02 Å². The second-order valence-electron chi connectivity index (χ2n) is 7.03. The SMILES string of the molecule is Cn1nc(-c2ccc(Cl)cc2)cc1NC(=O)CN1CCC(NS(C)(=O)=O)CC1. The molecule has 0 radical (unpaired) electrons. The highest BCUT2D eigenvalue weighted by atomic mass is 35.5. The number of rotatable bonds is 6. The minimum atomic E-state index is -3.20. The summed E-state index contributed by atoms with van der Waals surface area (Å²) in [7, 11) is -1.42. The molecule has 1 saturated heterocycles. The summed E-state index contributed by atoms with van der Waals surface area (Å²) >= 11 is 5.92. The molecule has 0 bridgehead atoms. The zero-order valence-electron chi connectivity index (χ0n) is 15.9. The Morgan fingerprint density at radius 1 is 1.25 bits per heavy atom. The molecule has 0 saturated carbocycles. The fraction of sp³-hybridized carbons (Fsp3) is 0.444. The number of carbonyl (C=O) groups excluding carboxylic acids is 1. The van der Waals surface area contributed by atoms with Crippen molar-refractivity contribution in [3.05, 3.63) is 35.4 Å². The normalized spacial score (nSPS) is 16.2. The van der Waals surface area contributed by atoms with Gasteiger partial charge in [-0.1, -0.05) is 23.7 Å². The lowest BCUT2D eigenvalue weighted by molar-refractivity contribution is -0.117. The number of carbonyl (C=O) groups is 1. The van der Waals surface area contributed by atoms with Gasteiger partial charge in [0.25, 0.3) is 0 Å². The number of piperidine rings is 1. The maximum Gasteiger partial charge on any atom is 0.239 e. The summed E-state index contributed by atoms with van der Waals surface area (Å²) < 4.78 is 26.9. The Morgan fingerprint density at radius 3 is 2.50 bits per heavy atom. The van der Waals surface area contributed by atoms with Crippen LogP contribution in [0.4, 0.5) is 5.82 Å². The molecule has 28 heavy (non-hydrogen) atoms. The fourth-order valence-electron chi connectivity index (χ4n) is 3.24. The number of halogens is 1. The van der Waals surface area contributed by atoms with E-state index < -0.39 is 10.0 Å². The third-order valence-electron chi connectivity index (χ3n) is 4.62. The third kappa shape index (κ3) is 5.78. The van der Waals surface area contributed by atoms with E-state index in [1.165, 1.54) is 6.26 Å². The van der Waals surface area contributed by atoms with Gasteiger partial charge in [-0.3, -0.25) is 14.4 Å². The molecule has 1 aromatic carbocycles. The lowest BCUT2D eigenvalue weighted by Gasteiger charge is -2.31. The summed E-state index contributed by atoms with van der Waals surface area (Å²) in [6.07, 6.45) is 2.54. The Morgan fingerprint density at radius 2 is 1.89 bits per heavy atom. The van der Waals surface area contributed by atoms with Crippen LogP contribution in [0.1, 0.15) is 12.8 Å². The van der Waals surface area contributed by atoms with Gasteiger partial charge in [0.2, 0.25) is 15.9 Å². The van der Waals surface area contributed by atoms with E-state index in [1.807, 2.05) is 23.1 Å². The monoisotopic (exact) mass is 425 g/mol. The first-order valence-electron chi connectivity index (χ1n) is 8.99. The molecule has 2 aromatic rings. The number of benzene rings is 1. The van der Waals surface area contributed by atoms with Crippen molar-refractivity contribution in [2.24, 2.45) is 7.05 Å². The first-order valence-corrected chi connectivity index (χ1v) is 11.3. The van der Waals surface area contributed by atoms with Crippen LogP contribution in [0.25, 0.3) is 11.3 Å². The average molecular weight is 426 g/mol. The first-order chi connectivity index (χ1) is 13.2. The van der Waals surface area contributed by atoms with Gasteiger partial charge in [-0.15, -0.1) is 0 Å². The molecule has 0 unspecified atom stereocenters. The smallest absolute Gasteiger partial charge is 0.239 e. The Labute approximate surface area is 169 Å². The van der Waals surface area contributed by atoms with Crippen LogP contribution in [0, 0.1) is 0 Å². The third-order valence-corrected chi connectivity index (χ3v) is 5.64. The van der Waals surface area contributed by atoms with Crippen LogP contribution >= 0.6 is 11.6 Å². The number of aryl methyl sites for hydroxylation is 1. The van der Waals surface area contributed by atoms with Gasteiger partial charge < -0.3 is 5.32 Å². The molecule has 1 aromatic heterocycles. The predicted octanol–water partition coefficient (Wildman–Crippen LogP) is 1.69. The Kier molecular flexibility index (Phi) is 6.39. The van der Waals surface area contributed by atoms with Crippen molar-refractivity contribution in [3.63, 3.8) is 0 Å². The molecule has 2 N–H and O–H groups in total. The number of aromatic nitrogens is 2. The van der Waals surface area contributed by atoms with E-state index in [1.54, 1.807) is 23.9 Å². The van der Waals surface area contributed by atoms with Crippen molar-refractivity contribution in [1.29, 1.82) is 0 Å². The largest absolute Gasteiger partial charge is 0.310 e. The Bertz CT molecular complexity index is 935. The molecule has 0 spiro atoms. The van der Waals surface area contributed by atoms with Gasteiger partial charge in [-0.2, -0.15) is 5.10 Å². The van der Waals surface area contributed by atoms with Crippen molar-refractivity contribution >= 4 is 33.3 Å². The molecule has 10 heteroatoms. The number of likely N-dealkylation sites (tertiary alicyclic amines) is 1. The van der Waals surface area contributed by atoms with E-state index in [0.29, 0.717) is 36.8 Å². The summed E-state index contributed by atoms with van der Waals surface area (Å²) in [5.74, 6) is 0.490. The highest BCUT2D eigenvalue weighted by Gasteiger charge is 2.23. The van der Waals surface area contributed by atoms with Crippen LogP contribution in [-0.4, -0.2) is 60.9 Å². The Balaban J connectivity index is 1.54. The van der Waals surface area contributed by atoms with Gasteiger partial charge in [-0.05, 0) is 25.0 Å². The lowest BCUT2D eigenvalue weighted by atomic mass is 10.1. The Hall–Kier alpha value is -1.94.